The van der Waals surface area contributed by atoms with Crippen LogP contribution in [0.15, 0.2) is 24.3 Å². The number of halogens is 1. The highest BCUT2D eigenvalue weighted by molar-refractivity contribution is 5.94. The summed E-state index contributed by atoms with van der Waals surface area (Å²) in [6, 6.07) is 4.27. The van der Waals surface area contributed by atoms with Gasteiger partial charge < -0.3 is 15.5 Å². The van der Waals surface area contributed by atoms with Gasteiger partial charge in [0.25, 0.3) is 0 Å². The predicted molar refractivity (Wildman–Crippen MR) is 64.0 cm³/mol. The molecule has 0 radical (unpaired) electrons. The summed E-state index contributed by atoms with van der Waals surface area (Å²) in [6.45, 7) is -0.666. The number of amides is 1. The SMILES string of the molecule is O=C(O)C(CO)NC(=O)C1(c2ccc(F)cc2)CC1. The maximum absolute atomic E-state index is 12.9. The lowest BCUT2D eigenvalue weighted by Crippen LogP contribution is -2.47. The Hall–Kier alpha value is -1.95. The number of carbonyl (C=O) groups excluding carboxylic acids is 1. The van der Waals surface area contributed by atoms with E-state index in [9.17, 15) is 14.0 Å². The molecule has 1 saturated carbocycles. The minimum Gasteiger partial charge on any atom is -0.480 e. The van der Waals surface area contributed by atoms with E-state index in [0.717, 1.165) is 0 Å². The number of aliphatic hydroxyl groups excluding tert-OH is 1. The summed E-state index contributed by atoms with van der Waals surface area (Å²) < 4.78 is 12.9. The molecule has 1 aromatic rings. The summed E-state index contributed by atoms with van der Waals surface area (Å²) in [5.41, 5.74) is -0.121. The van der Waals surface area contributed by atoms with Gasteiger partial charge in [0, 0.05) is 0 Å². The Morgan fingerprint density at radius 3 is 2.32 bits per heavy atom. The highest BCUT2D eigenvalue weighted by Crippen LogP contribution is 2.48. The Morgan fingerprint density at radius 1 is 1.32 bits per heavy atom. The van der Waals surface area contributed by atoms with Crippen LogP contribution in [0.25, 0.3) is 0 Å². The summed E-state index contributed by atoms with van der Waals surface area (Å²) in [6.07, 6.45) is 1.17. The van der Waals surface area contributed by atoms with Crippen LogP contribution in [0, 0.1) is 5.82 Å². The van der Waals surface area contributed by atoms with Crippen molar-refractivity contribution < 1.29 is 24.2 Å². The first-order valence-electron chi connectivity index (χ1n) is 5.90. The molecule has 0 bridgehead atoms. The van der Waals surface area contributed by atoms with Gasteiger partial charge >= 0.3 is 5.97 Å². The third-order valence-electron chi connectivity index (χ3n) is 3.37. The molecule has 1 unspecified atom stereocenters. The van der Waals surface area contributed by atoms with Crippen LogP contribution in [0.2, 0.25) is 0 Å². The molecule has 1 aliphatic rings. The summed E-state index contributed by atoms with van der Waals surface area (Å²) in [4.78, 5) is 22.9. The molecule has 1 fully saturated rings. The molecule has 102 valence electrons. The van der Waals surface area contributed by atoms with Gasteiger partial charge in [0.1, 0.15) is 11.9 Å². The first-order valence-corrected chi connectivity index (χ1v) is 5.90. The van der Waals surface area contributed by atoms with Gasteiger partial charge in [0.15, 0.2) is 0 Å². The van der Waals surface area contributed by atoms with Crippen molar-refractivity contribution in [1.82, 2.24) is 5.32 Å². The lowest BCUT2D eigenvalue weighted by atomic mass is 9.94. The topological polar surface area (TPSA) is 86.6 Å². The van der Waals surface area contributed by atoms with E-state index in [1.807, 2.05) is 0 Å². The molecule has 1 aliphatic carbocycles. The van der Waals surface area contributed by atoms with E-state index in [1.54, 1.807) is 0 Å². The Kier molecular flexibility index (Phi) is 3.53. The Morgan fingerprint density at radius 2 is 1.89 bits per heavy atom. The molecule has 1 aromatic carbocycles. The van der Waals surface area contributed by atoms with Crippen molar-refractivity contribution in [1.29, 1.82) is 0 Å². The number of nitrogens with one attached hydrogen (secondary N) is 1. The van der Waals surface area contributed by atoms with E-state index >= 15 is 0 Å². The molecular weight excluding hydrogens is 253 g/mol. The van der Waals surface area contributed by atoms with E-state index in [2.05, 4.69) is 5.32 Å². The standard InChI is InChI=1S/C13H14FNO4/c14-9-3-1-8(2-4-9)13(5-6-13)12(19)15-10(7-16)11(17)18/h1-4,10,16H,5-7H2,(H,15,19)(H,17,18). The quantitative estimate of drug-likeness (QED) is 0.721. The third kappa shape index (κ3) is 2.58. The number of carboxylic acids is 1. The number of carbonyl (C=O) groups is 2. The van der Waals surface area contributed by atoms with Gasteiger partial charge in [0.2, 0.25) is 5.91 Å². The number of aliphatic carboxylic acids is 1. The van der Waals surface area contributed by atoms with Crippen molar-refractivity contribution in [2.24, 2.45) is 0 Å². The van der Waals surface area contributed by atoms with E-state index in [0.29, 0.717) is 18.4 Å². The molecule has 1 atom stereocenters. The first-order chi connectivity index (χ1) is 8.99. The number of hydrogen-bond donors (Lipinski definition) is 3. The van der Waals surface area contributed by atoms with Crippen LogP contribution in [0.3, 0.4) is 0 Å². The van der Waals surface area contributed by atoms with Crippen molar-refractivity contribution >= 4 is 11.9 Å². The van der Waals surface area contributed by atoms with Crippen LogP contribution in [0.5, 0.6) is 0 Å². The number of carboxylic acid groups (broad SMARTS) is 1. The van der Waals surface area contributed by atoms with Crippen LogP contribution in [0.1, 0.15) is 18.4 Å². The molecular formula is C13H14FNO4. The van der Waals surface area contributed by atoms with Crippen LogP contribution in [0.4, 0.5) is 4.39 Å². The number of rotatable bonds is 5. The molecule has 0 aliphatic heterocycles. The fourth-order valence-electron chi connectivity index (χ4n) is 2.02. The van der Waals surface area contributed by atoms with Gasteiger partial charge in [0.05, 0.1) is 12.0 Å². The fraction of sp³-hybridized carbons (Fsp3) is 0.385. The lowest BCUT2D eigenvalue weighted by Gasteiger charge is -2.18. The van der Waals surface area contributed by atoms with Gasteiger partial charge in [-0.05, 0) is 30.5 Å². The molecule has 1 amide bonds. The van der Waals surface area contributed by atoms with Crippen molar-refractivity contribution in [3.05, 3.63) is 35.6 Å². The van der Waals surface area contributed by atoms with E-state index in [-0.39, 0.29) is 0 Å². The molecule has 0 saturated heterocycles. The van der Waals surface area contributed by atoms with E-state index in [4.69, 9.17) is 10.2 Å². The molecule has 19 heavy (non-hydrogen) atoms. The Labute approximate surface area is 109 Å². The predicted octanol–water partition coefficient (Wildman–Crippen LogP) is 0.419. The van der Waals surface area contributed by atoms with Crippen LogP contribution in [-0.4, -0.2) is 34.7 Å². The maximum atomic E-state index is 12.9. The first kappa shape index (κ1) is 13.5. The average Bonchev–Trinajstić information content (AvgIpc) is 3.17. The smallest absolute Gasteiger partial charge is 0.328 e. The summed E-state index contributed by atoms with van der Waals surface area (Å²) in [5.74, 6) is -2.12. The summed E-state index contributed by atoms with van der Waals surface area (Å²) in [7, 11) is 0. The van der Waals surface area contributed by atoms with Crippen molar-refractivity contribution in [2.45, 2.75) is 24.3 Å². The zero-order valence-corrected chi connectivity index (χ0v) is 10.1. The number of benzene rings is 1. The van der Waals surface area contributed by atoms with Crippen LogP contribution in [-0.2, 0) is 15.0 Å². The Balaban J connectivity index is 2.14. The van der Waals surface area contributed by atoms with Gasteiger partial charge in [-0.1, -0.05) is 12.1 Å². The highest BCUT2D eigenvalue weighted by atomic mass is 19.1. The van der Waals surface area contributed by atoms with E-state index < -0.39 is 35.8 Å². The third-order valence-corrected chi connectivity index (χ3v) is 3.37. The normalized spacial score (nSPS) is 17.6. The maximum Gasteiger partial charge on any atom is 0.328 e. The summed E-state index contributed by atoms with van der Waals surface area (Å²) in [5, 5.41) is 20.0. The molecule has 3 N–H and O–H groups in total. The second kappa shape index (κ2) is 4.97. The average molecular weight is 267 g/mol. The highest BCUT2D eigenvalue weighted by Gasteiger charge is 2.51. The second-order valence-corrected chi connectivity index (χ2v) is 4.64. The van der Waals surface area contributed by atoms with Crippen LogP contribution >= 0.6 is 0 Å². The zero-order valence-electron chi connectivity index (χ0n) is 10.1. The summed E-state index contributed by atoms with van der Waals surface area (Å²) >= 11 is 0. The number of hydrogen-bond acceptors (Lipinski definition) is 3. The van der Waals surface area contributed by atoms with E-state index in [1.165, 1.54) is 24.3 Å². The molecule has 0 aromatic heterocycles. The molecule has 6 heteroatoms. The van der Waals surface area contributed by atoms with Crippen molar-refractivity contribution in [3.8, 4) is 0 Å². The largest absolute Gasteiger partial charge is 0.480 e. The van der Waals surface area contributed by atoms with Crippen molar-refractivity contribution in [3.63, 3.8) is 0 Å². The minimum atomic E-state index is -1.31. The molecule has 0 heterocycles. The van der Waals surface area contributed by atoms with Crippen molar-refractivity contribution in [2.75, 3.05) is 6.61 Å². The zero-order chi connectivity index (χ0) is 14.0. The van der Waals surface area contributed by atoms with Gasteiger partial charge in [-0.2, -0.15) is 0 Å². The number of aliphatic hydroxyl groups is 1. The van der Waals surface area contributed by atoms with Gasteiger partial charge in [-0.25, -0.2) is 9.18 Å². The minimum absolute atomic E-state index is 0.390. The molecule has 2 rings (SSSR count). The Bertz CT molecular complexity index is 496. The second-order valence-electron chi connectivity index (χ2n) is 4.64. The molecule has 5 nitrogen and oxygen atoms in total. The monoisotopic (exact) mass is 267 g/mol. The fourth-order valence-corrected chi connectivity index (χ4v) is 2.02. The molecule has 0 spiro atoms. The van der Waals surface area contributed by atoms with Gasteiger partial charge in [-0.15, -0.1) is 0 Å². The lowest BCUT2D eigenvalue weighted by molar-refractivity contribution is -0.143. The van der Waals surface area contributed by atoms with Gasteiger partial charge in [-0.3, -0.25) is 4.79 Å². The van der Waals surface area contributed by atoms with Crippen LogP contribution < -0.4 is 5.32 Å².